The van der Waals surface area contributed by atoms with Gasteiger partial charge in [-0.05, 0) is 37.0 Å². The molecule has 0 unspecified atom stereocenters. The summed E-state index contributed by atoms with van der Waals surface area (Å²) in [6, 6.07) is 6.11. The molecule has 2 saturated heterocycles. The third kappa shape index (κ3) is 4.47. The largest absolute Gasteiger partial charge is 0.481 e. The van der Waals surface area contributed by atoms with Gasteiger partial charge in [0.2, 0.25) is 11.8 Å². The average molecular weight is 368 g/mol. The lowest BCUT2D eigenvalue weighted by Crippen LogP contribution is -2.46. The smallest absolute Gasteiger partial charge is 0.227 e. The molecule has 4 heterocycles. The van der Waals surface area contributed by atoms with Crippen molar-refractivity contribution in [2.45, 2.75) is 25.8 Å². The third-order valence-corrected chi connectivity index (χ3v) is 5.38. The van der Waals surface area contributed by atoms with Crippen LogP contribution in [0.2, 0.25) is 0 Å². The second-order valence-corrected chi connectivity index (χ2v) is 7.23. The highest BCUT2D eigenvalue weighted by Crippen LogP contribution is 2.20. The van der Waals surface area contributed by atoms with Crippen LogP contribution in [0.5, 0.6) is 5.88 Å². The van der Waals surface area contributed by atoms with Gasteiger partial charge in [0.05, 0.1) is 7.11 Å². The Bertz CT molecular complexity index is 741. The summed E-state index contributed by atoms with van der Waals surface area (Å²) in [5, 5.41) is 0. The minimum absolute atomic E-state index is 0.678. The Morgan fingerprint density at radius 3 is 2.44 bits per heavy atom. The molecule has 7 heteroatoms. The molecule has 0 spiro atoms. The number of piperazine rings is 1. The van der Waals surface area contributed by atoms with Gasteiger partial charge in [-0.15, -0.1) is 0 Å². The van der Waals surface area contributed by atoms with Gasteiger partial charge in [0.15, 0.2) is 0 Å². The topological polar surface area (TPSA) is 57.6 Å². The number of aromatic nitrogens is 3. The van der Waals surface area contributed by atoms with E-state index in [1.54, 1.807) is 7.11 Å². The van der Waals surface area contributed by atoms with Crippen LogP contribution in [-0.4, -0.2) is 66.2 Å². The predicted molar refractivity (Wildman–Crippen MR) is 106 cm³/mol. The van der Waals surface area contributed by atoms with Crippen LogP contribution in [0.25, 0.3) is 0 Å². The summed E-state index contributed by atoms with van der Waals surface area (Å²) in [5.41, 5.74) is 1.24. The molecule has 0 aliphatic carbocycles. The number of methoxy groups -OCH3 is 1. The van der Waals surface area contributed by atoms with E-state index in [2.05, 4.69) is 30.7 Å². The predicted octanol–water partition coefficient (Wildman–Crippen LogP) is 2.19. The maximum Gasteiger partial charge on any atom is 0.227 e. The molecule has 0 aromatic carbocycles. The van der Waals surface area contributed by atoms with Crippen LogP contribution in [-0.2, 0) is 6.54 Å². The van der Waals surface area contributed by atoms with Crippen LogP contribution in [0.15, 0.2) is 30.6 Å². The Morgan fingerprint density at radius 1 is 0.889 bits per heavy atom. The summed E-state index contributed by atoms with van der Waals surface area (Å²) in [7, 11) is 1.66. The van der Waals surface area contributed by atoms with Crippen molar-refractivity contribution in [1.82, 2.24) is 19.9 Å². The fourth-order valence-electron chi connectivity index (χ4n) is 3.82. The number of hydrogen-bond acceptors (Lipinski definition) is 7. The Labute approximate surface area is 161 Å². The van der Waals surface area contributed by atoms with Crippen molar-refractivity contribution in [1.29, 1.82) is 0 Å². The number of hydrogen-bond donors (Lipinski definition) is 0. The van der Waals surface area contributed by atoms with Crippen LogP contribution in [0.1, 0.15) is 24.8 Å². The zero-order valence-corrected chi connectivity index (χ0v) is 16.0. The lowest BCUT2D eigenvalue weighted by Gasteiger charge is -2.36. The molecule has 2 aliphatic heterocycles. The molecule has 2 aromatic heterocycles. The van der Waals surface area contributed by atoms with E-state index in [4.69, 9.17) is 9.72 Å². The SMILES string of the molecule is COc1cc(CN2CCN(c3ccnc(N4CCCCC4)n3)CC2)ccn1. The van der Waals surface area contributed by atoms with Crippen molar-refractivity contribution in [3.63, 3.8) is 0 Å². The highest BCUT2D eigenvalue weighted by molar-refractivity contribution is 5.44. The summed E-state index contributed by atoms with van der Waals surface area (Å²) in [5.74, 6) is 2.62. The van der Waals surface area contributed by atoms with Crippen molar-refractivity contribution in [2.24, 2.45) is 0 Å². The molecule has 7 nitrogen and oxygen atoms in total. The normalized spacial score (nSPS) is 18.6. The van der Waals surface area contributed by atoms with Crippen molar-refractivity contribution >= 4 is 11.8 Å². The third-order valence-electron chi connectivity index (χ3n) is 5.38. The molecule has 0 amide bonds. The monoisotopic (exact) mass is 368 g/mol. The van der Waals surface area contributed by atoms with E-state index in [0.717, 1.165) is 57.6 Å². The zero-order chi connectivity index (χ0) is 18.5. The Morgan fingerprint density at radius 2 is 1.67 bits per heavy atom. The summed E-state index contributed by atoms with van der Waals surface area (Å²) in [4.78, 5) is 20.7. The summed E-state index contributed by atoms with van der Waals surface area (Å²) in [6.07, 6.45) is 7.52. The highest BCUT2D eigenvalue weighted by Gasteiger charge is 2.20. The zero-order valence-electron chi connectivity index (χ0n) is 16.0. The van der Waals surface area contributed by atoms with E-state index in [1.807, 2.05) is 24.5 Å². The van der Waals surface area contributed by atoms with Gasteiger partial charge in [-0.3, -0.25) is 4.90 Å². The number of anilines is 2. The first-order valence-corrected chi connectivity index (χ1v) is 9.86. The number of ether oxygens (including phenoxy) is 1. The lowest BCUT2D eigenvalue weighted by molar-refractivity contribution is 0.249. The lowest BCUT2D eigenvalue weighted by atomic mass is 10.1. The maximum absolute atomic E-state index is 5.22. The van der Waals surface area contributed by atoms with Crippen LogP contribution < -0.4 is 14.5 Å². The van der Waals surface area contributed by atoms with Crippen LogP contribution in [0.4, 0.5) is 11.8 Å². The molecule has 0 radical (unpaired) electrons. The van der Waals surface area contributed by atoms with Crippen molar-refractivity contribution in [2.75, 3.05) is 56.2 Å². The minimum Gasteiger partial charge on any atom is -0.481 e. The molecule has 0 N–H and O–H groups in total. The Kier molecular flexibility index (Phi) is 5.67. The van der Waals surface area contributed by atoms with Crippen LogP contribution in [0.3, 0.4) is 0 Å². The standard InChI is InChI=1S/C20H28N6O/c1-27-19-15-17(5-7-21-19)16-24-11-13-25(14-12-24)18-6-8-22-20(23-18)26-9-3-2-4-10-26/h5-8,15H,2-4,9-14,16H2,1H3. The van der Waals surface area contributed by atoms with E-state index in [0.29, 0.717) is 5.88 Å². The van der Waals surface area contributed by atoms with Crippen molar-refractivity contribution in [3.05, 3.63) is 36.2 Å². The molecule has 0 bridgehead atoms. The molecular weight excluding hydrogens is 340 g/mol. The van der Waals surface area contributed by atoms with Gasteiger partial charge in [0, 0.05) is 64.3 Å². The maximum atomic E-state index is 5.22. The molecule has 4 rings (SSSR count). The van der Waals surface area contributed by atoms with Gasteiger partial charge in [0.25, 0.3) is 0 Å². The molecule has 2 fully saturated rings. The molecule has 0 saturated carbocycles. The minimum atomic E-state index is 0.678. The molecular formula is C20H28N6O. The molecule has 0 atom stereocenters. The number of piperidine rings is 1. The van der Waals surface area contributed by atoms with Gasteiger partial charge in [0.1, 0.15) is 5.82 Å². The van der Waals surface area contributed by atoms with Gasteiger partial charge in [-0.25, -0.2) is 9.97 Å². The second-order valence-electron chi connectivity index (χ2n) is 7.23. The van der Waals surface area contributed by atoms with Crippen LogP contribution in [0, 0.1) is 0 Å². The van der Waals surface area contributed by atoms with Crippen molar-refractivity contribution < 1.29 is 4.74 Å². The van der Waals surface area contributed by atoms with Crippen molar-refractivity contribution in [3.8, 4) is 5.88 Å². The summed E-state index contributed by atoms with van der Waals surface area (Å²) >= 11 is 0. The van der Waals surface area contributed by atoms with E-state index in [1.165, 1.54) is 24.8 Å². The molecule has 27 heavy (non-hydrogen) atoms. The van der Waals surface area contributed by atoms with E-state index in [-0.39, 0.29) is 0 Å². The second kappa shape index (κ2) is 8.52. The molecule has 2 aromatic rings. The van der Waals surface area contributed by atoms with Crippen LogP contribution >= 0.6 is 0 Å². The fraction of sp³-hybridized carbons (Fsp3) is 0.550. The summed E-state index contributed by atoms with van der Waals surface area (Å²) < 4.78 is 5.22. The fourth-order valence-corrected chi connectivity index (χ4v) is 3.82. The van der Waals surface area contributed by atoms with E-state index >= 15 is 0 Å². The number of pyridine rings is 1. The van der Waals surface area contributed by atoms with E-state index in [9.17, 15) is 0 Å². The number of rotatable bonds is 5. The summed E-state index contributed by atoms with van der Waals surface area (Å²) in [6.45, 7) is 7.09. The van der Waals surface area contributed by atoms with Gasteiger partial charge >= 0.3 is 0 Å². The van der Waals surface area contributed by atoms with Gasteiger partial charge in [-0.1, -0.05) is 0 Å². The molecule has 144 valence electrons. The first-order valence-electron chi connectivity index (χ1n) is 9.86. The Balaban J connectivity index is 1.35. The Hall–Kier alpha value is -2.41. The van der Waals surface area contributed by atoms with E-state index < -0.39 is 0 Å². The number of nitrogens with zero attached hydrogens (tertiary/aromatic N) is 6. The van der Waals surface area contributed by atoms with Gasteiger partial charge < -0.3 is 14.5 Å². The molecule has 2 aliphatic rings. The first-order chi connectivity index (χ1) is 13.3. The quantitative estimate of drug-likeness (QED) is 0.802. The highest BCUT2D eigenvalue weighted by atomic mass is 16.5. The van der Waals surface area contributed by atoms with Gasteiger partial charge in [-0.2, -0.15) is 4.98 Å². The average Bonchev–Trinajstić information content (AvgIpc) is 2.75. The first kappa shape index (κ1) is 18.0.